The van der Waals surface area contributed by atoms with Crippen LogP contribution in [0.4, 0.5) is 10.8 Å². The van der Waals surface area contributed by atoms with Crippen molar-refractivity contribution in [1.82, 2.24) is 9.97 Å². The van der Waals surface area contributed by atoms with Crippen molar-refractivity contribution in [1.29, 1.82) is 0 Å². The van der Waals surface area contributed by atoms with Gasteiger partial charge in [-0.05, 0) is 24.1 Å². The van der Waals surface area contributed by atoms with Gasteiger partial charge in [0.2, 0.25) is 5.91 Å². The molecule has 3 rings (SSSR count). The Hall–Kier alpha value is -2.44. The first-order valence-corrected chi connectivity index (χ1v) is 8.57. The molecule has 0 bridgehead atoms. The molecule has 0 aliphatic carbocycles. The summed E-state index contributed by atoms with van der Waals surface area (Å²) in [4.78, 5) is 19.4. The molecule has 7 heteroatoms. The molecule has 0 unspecified atom stereocenters. The van der Waals surface area contributed by atoms with Gasteiger partial charge in [-0.3, -0.25) is 4.79 Å². The predicted molar refractivity (Wildman–Crippen MR) is 97.6 cm³/mol. The quantitative estimate of drug-likeness (QED) is 0.652. The average molecular weight is 359 g/mol. The molecule has 0 atom stereocenters. The molecule has 3 N–H and O–H groups in total. The van der Waals surface area contributed by atoms with Gasteiger partial charge in [0.05, 0.1) is 17.6 Å². The zero-order valence-electron chi connectivity index (χ0n) is 12.7. The van der Waals surface area contributed by atoms with Crippen LogP contribution in [0.1, 0.15) is 12.0 Å². The van der Waals surface area contributed by atoms with Gasteiger partial charge in [-0.1, -0.05) is 35.9 Å². The van der Waals surface area contributed by atoms with Gasteiger partial charge >= 0.3 is 0 Å². The van der Waals surface area contributed by atoms with Crippen molar-refractivity contribution in [2.45, 2.75) is 12.8 Å². The van der Waals surface area contributed by atoms with Crippen LogP contribution in [-0.4, -0.2) is 15.9 Å². The van der Waals surface area contributed by atoms with Crippen molar-refractivity contribution < 1.29 is 4.79 Å². The SMILES string of the molecule is NC(=O)CCc1ccc(-c2csc(Nc3ccc(Cl)nc3)n2)cc1. The second kappa shape index (κ2) is 7.42. The first-order chi connectivity index (χ1) is 11.6. The zero-order valence-corrected chi connectivity index (χ0v) is 14.3. The third-order valence-corrected chi connectivity index (χ3v) is 4.37. The van der Waals surface area contributed by atoms with Crippen LogP contribution in [0.3, 0.4) is 0 Å². The molecule has 2 heterocycles. The van der Waals surface area contributed by atoms with Gasteiger partial charge in [-0.2, -0.15) is 0 Å². The molecule has 0 radical (unpaired) electrons. The fourth-order valence-electron chi connectivity index (χ4n) is 2.15. The molecule has 0 saturated carbocycles. The van der Waals surface area contributed by atoms with E-state index in [1.54, 1.807) is 12.3 Å². The Morgan fingerprint density at radius 2 is 2.00 bits per heavy atom. The van der Waals surface area contributed by atoms with E-state index in [1.165, 1.54) is 11.3 Å². The van der Waals surface area contributed by atoms with E-state index in [2.05, 4.69) is 15.3 Å². The molecule has 122 valence electrons. The third kappa shape index (κ3) is 4.31. The Morgan fingerprint density at radius 1 is 1.21 bits per heavy atom. The number of nitrogens with one attached hydrogen (secondary N) is 1. The molecule has 0 aliphatic rings. The molecule has 1 aromatic carbocycles. The van der Waals surface area contributed by atoms with Crippen molar-refractivity contribution in [3.05, 3.63) is 58.7 Å². The molecule has 0 aliphatic heterocycles. The summed E-state index contributed by atoms with van der Waals surface area (Å²) in [6, 6.07) is 11.6. The fraction of sp³-hybridized carbons (Fsp3) is 0.118. The van der Waals surface area contributed by atoms with Crippen molar-refractivity contribution >= 4 is 39.7 Å². The number of pyridine rings is 1. The topological polar surface area (TPSA) is 80.9 Å². The van der Waals surface area contributed by atoms with Crippen LogP contribution in [0.5, 0.6) is 0 Å². The number of thiazole rings is 1. The highest BCUT2D eigenvalue weighted by Gasteiger charge is 2.06. The summed E-state index contributed by atoms with van der Waals surface area (Å²) in [5, 5.41) is 6.43. The lowest BCUT2D eigenvalue weighted by molar-refractivity contribution is -0.117. The number of aryl methyl sites for hydroxylation is 1. The second-order valence-electron chi connectivity index (χ2n) is 5.20. The molecule has 0 fully saturated rings. The summed E-state index contributed by atoms with van der Waals surface area (Å²) in [7, 11) is 0. The van der Waals surface area contributed by atoms with Gasteiger partial charge in [-0.15, -0.1) is 11.3 Å². The lowest BCUT2D eigenvalue weighted by Crippen LogP contribution is -2.11. The lowest BCUT2D eigenvalue weighted by atomic mass is 10.1. The van der Waals surface area contributed by atoms with Crippen LogP contribution < -0.4 is 11.1 Å². The lowest BCUT2D eigenvalue weighted by Gasteiger charge is -2.02. The van der Waals surface area contributed by atoms with Gasteiger partial charge in [0.25, 0.3) is 0 Å². The fourth-order valence-corrected chi connectivity index (χ4v) is 3.00. The van der Waals surface area contributed by atoms with Crippen molar-refractivity contribution in [3.8, 4) is 11.3 Å². The van der Waals surface area contributed by atoms with Crippen LogP contribution in [0.2, 0.25) is 5.15 Å². The highest BCUT2D eigenvalue weighted by Crippen LogP contribution is 2.27. The minimum atomic E-state index is -0.286. The van der Waals surface area contributed by atoms with Crippen LogP contribution >= 0.6 is 22.9 Å². The Bertz CT molecular complexity index is 831. The maximum atomic E-state index is 10.8. The van der Waals surface area contributed by atoms with Crippen LogP contribution in [0, 0.1) is 0 Å². The molecule has 5 nitrogen and oxygen atoms in total. The monoisotopic (exact) mass is 358 g/mol. The summed E-state index contributed by atoms with van der Waals surface area (Å²) in [5.41, 5.74) is 9.01. The van der Waals surface area contributed by atoms with Crippen LogP contribution in [-0.2, 0) is 11.2 Å². The molecule has 2 aromatic heterocycles. The maximum Gasteiger partial charge on any atom is 0.217 e. The third-order valence-electron chi connectivity index (χ3n) is 3.39. The van der Waals surface area contributed by atoms with E-state index in [-0.39, 0.29) is 5.91 Å². The average Bonchev–Trinajstić information content (AvgIpc) is 3.04. The number of hydrogen-bond donors (Lipinski definition) is 2. The van der Waals surface area contributed by atoms with E-state index >= 15 is 0 Å². The van der Waals surface area contributed by atoms with E-state index in [4.69, 9.17) is 17.3 Å². The number of halogens is 1. The number of benzene rings is 1. The minimum Gasteiger partial charge on any atom is -0.370 e. The predicted octanol–water partition coefficient (Wildman–Crippen LogP) is 4.02. The molecule has 0 saturated heterocycles. The number of hydrogen-bond acceptors (Lipinski definition) is 5. The van der Waals surface area contributed by atoms with Gasteiger partial charge in [0.15, 0.2) is 5.13 Å². The largest absolute Gasteiger partial charge is 0.370 e. The number of anilines is 2. The summed E-state index contributed by atoms with van der Waals surface area (Å²) in [6.07, 6.45) is 2.68. The summed E-state index contributed by atoms with van der Waals surface area (Å²) in [5.74, 6) is -0.286. The summed E-state index contributed by atoms with van der Waals surface area (Å²) >= 11 is 7.29. The number of carbonyl (C=O) groups excluding carboxylic acids is 1. The summed E-state index contributed by atoms with van der Waals surface area (Å²) < 4.78 is 0. The van der Waals surface area contributed by atoms with Gasteiger partial charge < -0.3 is 11.1 Å². The van der Waals surface area contributed by atoms with Crippen molar-refractivity contribution in [3.63, 3.8) is 0 Å². The first-order valence-electron chi connectivity index (χ1n) is 7.32. The van der Waals surface area contributed by atoms with E-state index in [9.17, 15) is 4.79 Å². The number of nitrogens with two attached hydrogens (primary N) is 1. The van der Waals surface area contributed by atoms with E-state index in [0.29, 0.717) is 18.0 Å². The van der Waals surface area contributed by atoms with Crippen LogP contribution in [0.15, 0.2) is 48.0 Å². The Balaban J connectivity index is 1.68. The van der Waals surface area contributed by atoms with Crippen molar-refractivity contribution in [2.75, 3.05) is 5.32 Å². The first kappa shape index (κ1) is 16.4. The van der Waals surface area contributed by atoms with Gasteiger partial charge in [-0.25, -0.2) is 9.97 Å². The molecule has 24 heavy (non-hydrogen) atoms. The second-order valence-corrected chi connectivity index (χ2v) is 6.44. The normalized spacial score (nSPS) is 10.5. The Kier molecular flexibility index (Phi) is 5.08. The molecule has 0 spiro atoms. The van der Waals surface area contributed by atoms with E-state index < -0.39 is 0 Å². The van der Waals surface area contributed by atoms with Crippen LogP contribution in [0.25, 0.3) is 11.3 Å². The number of nitrogens with zero attached hydrogens (tertiary/aromatic N) is 2. The molecule has 1 amide bonds. The number of rotatable bonds is 6. The van der Waals surface area contributed by atoms with E-state index in [1.807, 2.05) is 35.7 Å². The van der Waals surface area contributed by atoms with E-state index in [0.717, 1.165) is 27.6 Å². The standard InChI is InChI=1S/C17H15ClN4OS/c18-15-7-6-13(9-20-15)21-17-22-14(10-24-17)12-4-1-11(2-5-12)3-8-16(19)23/h1-2,4-7,9-10H,3,8H2,(H2,19,23)(H,21,22). The minimum absolute atomic E-state index is 0.286. The number of aromatic nitrogens is 2. The van der Waals surface area contributed by atoms with Crippen molar-refractivity contribution in [2.24, 2.45) is 5.73 Å². The maximum absolute atomic E-state index is 10.8. The van der Waals surface area contributed by atoms with Gasteiger partial charge in [0.1, 0.15) is 5.15 Å². The highest BCUT2D eigenvalue weighted by molar-refractivity contribution is 7.14. The van der Waals surface area contributed by atoms with Gasteiger partial charge in [0, 0.05) is 17.4 Å². The smallest absolute Gasteiger partial charge is 0.217 e. The Labute approximate surface area is 148 Å². The zero-order chi connectivity index (χ0) is 16.9. The number of amides is 1. The summed E-state index contributed by atoms with van der Waals surface area (Å²) in [6.45, 7) is 0. The molecular weight excluding hydrogens is 344 g/mol. The molecule has 3 aromatic rings. The Morgan fingerprint density at radius 3 is 2.67 bits per heavy atom. The number of carbonyl (C=O) groups is 1. The molecular formula is C17H15ClN4OS. The number of primary amides is 1. The highest BCUT2D eigenvalue weighted by atomic mass is 35.5.